The highest BCUT2D eigenvalue weighted by atomic mass is 35.5. The highest BCUT2D eigenvalue weighted by Gasteiger charge is 2.27. The summed E-state index contributed by atoms with van der Waals surface area (Å²) in [6, 6.07) is 7.22. The van der Waals surface area contributed by atoms with Crippen molar-refractivity contribution in [2.45, 2.75) is 26.7 Å². The van der Waals surface area contributed by atoms with E-state index in [4.69, 9.17) is 11.6 Å². The van der Waals surface area contributed by atoms with Crippen molar-refractivity contribution in [2.24, 2.45) is 5.92 Å². The van der Waals surface area contributed by atoms with E-state index in [2.05, 4.69) is 34.0 Å². The van der Waals surface area contributed by atoms with Crippen LogP contribution in [-0.4, -0.2) is 29.0 Å². The van der Waals surface area contributed by atoms with Crippen molar-refractivity contribution < 1.29 is 4.79 Å². The Morgan fingerprint density at radius 1 is 1.19 bits per heavy atom. The Kier molecular flexibility index (Phi) is 5.02. The zero-order chi connectivity index (χ0) is 19.0. The summed E-state index contributed by atoms with van der Waals surface area (Å²) in [5.41, 5.74) is 2.04. The third kappa shape index (κ3) is 3.64. The van der Waals surface area contributed by atoms with Crippen molar-refractivity contribution >= 4 is 50.6 Å². The normalized spacial score (nSPS) is 15.3. The van der Waals surface area contributed by atoms with Gasteiger partial charge in [-0.2, -0.15) is 0 Å². The minimum absolute atomic E-state index is 0.0135. The zero-order valence-electron chi connectivity index (χ0n) is 15.3. The van der Waals surface area contributed by atoms with Gasteiger partial charge in [0.1, 0.15) is 17.0 Å². The fourth-order valence-corrected chi connectivity index (χ4v) is 4.65. The average molecular weight is 401 g/mol. The number of benzene rings is 1. The smallest absolute Gasteiger partial charge is 0.227 e. The van der Waals surface area contributed by atoms with E-state index in [-0.39, 0.29) is 11.8 Å². The summed E-state index contributed by atoms with van der Waals surface area (Å²) in [5, 5.41) is 4.82. The van der Waals surface area contributed by atoms with Gasteiger partial charge in [-0.05, 0) is 56.5 Å². The Labute approximate surface area is 167 Å². The van der Waals surface area contributed by atoms with Gasteiger partial charge in [-0.25, -0.2) is 9.97 Å². The summed E-state index contributed by atoms with van der Waals surface area (Å²) in [7, 11) is 0. The molecule has 4 rings (SSSR count). The average Bonchev–Trinajstić information content (AvgIpc) is 2.98. The van der Waals surface area contributed by atoms with Gasteiger partial charge in [0.2, 0.25) is 5.91 Å². The zero-order valence-corrected chi connectivity index (χ0v) is 16.9. The van der Waals surface area contributed by atoms with Gasteiger partial charge in [-0.1, -0.05) is 11.6 Å². The van der Waals surface area contributed by atoms with Crippen molar-refractivity contribution in [1.29, 1.82) is 0 Å². The van der Waals surface area contributed by atoms with Gasteiger partial charge in [0, 0.05) is 34.6 Å². The minimum atomic E-state index is 0.0135. The summed E-state index contributed by atoms with van der Waals surface area (Å²) in [6.07, 6.45) is 3.27. The molecule has 7 heteroatoms. The predicted octanol–water partition coefficient (Wildman–Crippen LogP) is 4.82. The van der Waals surface area contributed by atoms with Crippen LogP contribution in [-0.2, 0) is 4.79 Å². The predicted molar refractivity (Wildman–Crippen MR) is 112 cm³/mol. The molecular weight excluding hydrogens is 380 g/mol. The molecule has 3 heterocycles. The quantitative estimate of drug-likeness (QED) is 0.684. The number of thiophene rings is 1. The van der Waals surface area contributed by atoms with Crippen LogP contribution in [0.4, 0.5) is 11.5 Å². The number of aryl methyl sites for hydroxylation is 2. The monoisotopic (exact) mass is 400 g/mol. The maximum absolute atomic E-state index is 12.6. The van der Waals surface area contributed by atoms with Gasteiger partial charge >= 0.3 is 0 Å². The van der Waals surface area contributed by atoms with Crippen molar-refractivity contribution in [2.75, 3.05) is 23.3 Å². The molecule has 0 atom stereocenters. The maximum Gasteiger partial charge on any atom is 0.227 e. The lowest BCUT2D eigenvalue weighted by Crippen LogP contribution is -2.38. The van der Waals surface area contributed by atoms with Crippen LogP contribution >= 0.6 is 22.9 Å². The first kappa shape index (κ1) is 18.2. The summed E-state index contributed by atoms with van der Waals surface area (Å²) in [5.74, 6) is 1.09. The molecule has 140 valence electrons. The summed E-state index contributed by atoms with van der Waals surface area (Å²) >= 11 is 7.61. The van der Waals surface area contributed by atoms with Crippen molar-refractivity contribution in [3.05, 3.63) is 46.1 Å². The number of fused-ring (bicyclic) bond motifs is 1. The van der Waals surface area contributed by atoms with E-state index < -0.39 is 0 Å². The standard InChI is InChI=1S/C20H21ClN4OS/c1-12-13(2)27-20-17(12)18(22-11-23-20)25-9-7-14(8-10-25)19(26)24-16-5-3-15(21)4-6-16/h3-6,11,14H,7-10H2,1-2H3,(H,24,26). The van der Waals surface area contributed by atoms with E-state index in [0.29, 0.717) is 5.02 Å². The lowest BCUT2D eigenvalue weighted by molar-refractivity contribution is -0.120. The Hall–Kier alpha value is -2.18. The van der Waals surface area contributed by atoms with Crippen molar-refractivity contribution in [3.63, 3.8) is 0 Å². The van der Waals surface area contributed by atoms with Crippen LogP contribution in [0.2, 0.25) is 5.02 Å². The lowest BCUT2D eigenvalue weighted by Gasteiger charge is -2.32. The third-order valence-corrected chi connectivity index (χ3v) is 6.59. The fraction of sp³-hybridized carbons (Fsp3) is 0.350. The molecule has 0 saturated carbocycles. The maximum atomic E-state index is 12.6. The van der Waals surface area contributed by atoms with Gasteiger partial charge < -0.3 is 10.2 Å². The van der Waals surface area contributed by atoms with E-state index in [0.717, 1.165) is 47.7 Å². The molecule has 3 aromatic rings. The first-order valence-electron chi connectivity index (χ1n) is 9.05. The van der Waals surface area contributed by atoms with Crippen LogP contribution in [0, 0.1) is 19.8 Å². The number of carbonyl (C=O) groups is 1. The number of carbonyl (C=O) groups excluding carboxylic acids is 1. The number of amides is 1. The number of anilines is 2. The Balaban J connectivity index is 1.45. The largest absolute Gasteiger partial charge is 0.356 e. The summed E-state index contributed by atoms with van der Waals surface area (Å²) in [4.78, 5) is 26.2. The van der Waals surface area contributed by atoms with Gasteiger partial charge in [-0.15, -0.1) is 11.3 Å². The number of aromatic nitrogens is 2. The van der Waals surface area contributed by atoms with E-state index in [9.17, 15) is 4.79 Å². The molecule has 0 radical (unpaired) electrons. The molecule has 1 aliphatic heterocycles. The number of nitrogens with zero attached hydrogens (tertiary/aromatic N) is 3. The second-order valence-corrected chi connectivity index (χ2v) is 8.56. The van der Waals surface area contributed by atoms with E-state index >= 15 is 0 Å². The Morgan fingerprint density at radius 2 is 1.89 bits per heavy atom. The summed E-state index contributed by atoms with van der Waals surface area (Å²) in [6.45, 7) is 5.89. The number of piperidine rings is 1. The lowest BCUT2D eigenvalue weighted by atomic mass is 9.95. The van der Waals surface area contributed by atoms with E-state index in [1.165, 1.54) is 10.4 Å². The highest BCUT2D eigenvalue weighted by molar-refractivity contribution is 7.18. The number of nitrogens with one attached hydrogen (secondary N) is 1. The Bertz CT molecular complexity index is 978. The Morgan fingerprint density at radius 3 is 2.59 bits per heavy atom. The minimum Gasteiger partial charge on any atom is -0.356 e. The van der Waals surface area contributed by atoms with Gasteiger partial charge in [0.25, 0.3) is 0 Å². The molecule has 1 saturated heterocycles. The highest BCUT2D eigenvalue weighted by Crippen LogP contribution is 2.35. The number of halogens is 1. The molecule has 0 unspecified atom stereocenters. The number of hydrogen-bond acceptors (Lipinski definition) is 5. The summed E-state index contributed by atoms with van der Waals surface area (Å²) < 4.78 is 0. The van der Waals surface area contributed by atoms with Crippen molar-refractivity contribution in [3.8, 4) is 0 Å². The molecule has 1 amide bonds. The second-order valence-electron chi connectivity index (χ2n) is 6.92. The molecular formula is C20H21ClN4OS. The molecule has 0 aliphatic carbocycles. The molecule has 27 heavy (non-hydrogen) atoms. The van der Waals surface area contributed by atoms with E-state index in [1.54, 1.807) is 29.8 Å². The van der Waals surface area contributed by atoms with Crippen LogP contribution in [0.1, 0.15) is 23.3 Å². The van der Waals surface area contributed by atoms with Crippen molar-refractivity contribution in [1.82, 2.24) is 9.97 Å². The second kappa shape index (κ2) is 7.44. The molecule has 1 aromatic carbocycles. The fourth-order valence-electron chi connectivity index (χ4n) is 3.53. The molecule has 5 nitrogen and oxygen atoms in total. The van der Waals surface area contributed by atoms with Crippen LogP contribution in [0.5, 0.6) is 0 Å². The van der Waals surface area contributed by atoms with Crippen LogP contribution in [0.25, 0.3) is 10.2 Å². The molecule has 2 aromatic heterocycles. The first-order chi connectivity index (χ1) is 13.0. The van der Waals surface area contributed by atoms with Gasteiger partial charge in [-0.3, -0.25) is 4.79 Å². The molecule has 1 N–H and O–H groups in total. The molecule has 0 spiro atoms. The topological polar surface area (TPSA) is 58.1 Å². The van der Waals surface area contributed by atoms with Gasteiger partial charge in [0.05, 0.1) is 5.39 Å². The van der Waals surface area contributed by atoms with E-state index in [1.807, 2.05) is 12.1 Å². The molecule has 0 bridgehead atoms. The van der Waals surface area contributed by atoms with Crippen LogP contribution in [0.3, 0.4) is 0 Å². The number of hydrogen-bond donors (Lipinski definition) is 1. The molecule has 1 fully saturated rings. The number of rotatable bonds is 3. The van der Waals surface area contributed by atoms with Gasteiger partial charge in [0.15, 0.2) is 0 Å². The first-order valence-corrected chi connectivity index (χ1v) is 10.2. The van der Waals surface area contributed by atoms with Crippen LogP contribution < -0.4 is 10.2 Å². The molecule has 1 aliphatic rings. The third-order valence-electron chi connectivity index (χ3n) is 5.22. The van der Waals surface area contributed by atoms with Crippen LogP contribution in [0.15, 0.2) is 30.6 Å². The SMILES string of the molecule is Cc1sc2ncnc(N3CCC(C(=O)Nc4ccc(Cl)cc4)CC3)c2c1C.